The van der Waals surface area contributed by atoms with Gasteiger partial charge in [0.2, 0.25) is 5.91 Å². The second-order valence-corrected chi connectivity index (χ2v) is 8.27. The van der Waals surface area contributed by atoms with Crippen LogP contribution in [0.2, 0.25) is 0 Å². The molecule has 0 bridgehead atoms. The Morgan fingerprint density at radius 3 is 2.76 bits per heavy atom. The number of aromatic nitrogens is 1. The van der Waals surface area contributed by atoms with Crippen molar-refractivity contribution in [3.05, 3.63) is 65.5 Å². The van der Waals surface area contributed by atoms with Gasteiger partial charge in [0.25, 0.3) is 5.91 Å². The van der Waals surface area contributed by atoms with Gasteiger partial charge in [0.1, 0.15) is 0 Å². The molecule has 29 heavy (non-hydrogen) atoms. The molecule has 2 atom stereocenters. The number of carbonyl (C=O) groups is 2. The van der Waals surface area contributed by atoms with Crippen LogP contribution in [0.3, 0.4) is 0 Å². The van der Waals surface area contributed by atoms with Crippen molar-refractivity contribution >= 4 is 11.8 Å². The predicted molar refractivity (Wildman–Crippen MR) is 112 cm³/mol. The molecule has 5 heteroatoms. The van der Waals surface area contributed by atoms with E-state index in [4.69, 9.17) is 0 Å². The fraction of sp³-hybridized carbons (Fsp3) is 0.458. The topological polar surface area (TPSA) is 53.5 Å². The summed E-state index contributed by atoms with van der Waals surface area (Å²) in [5, 5.41) is 0. The molecule has 2 saturated heterocycles. The molecular weight excluding hydrogens is 362 g/mol. The molecule has 1 aromatic carbocycles. The maximum absolute atomic E-state index is 13.2. The molecule has 2 aliphatic heterocycles. The number of hydrogen-bond donors (Lipinski definition) is 0. The smallest absolute Gasteiger partial charge is 0.254 e. The lowest BCUT2D eigenvalue weighted by Gasteiger charge is -2.47. The quantitative estimate of drug-likeness (QED) is 0.802. The summed E-state index contributed by atoms with van der Waals surface area (Å²) in [4.78, 5) is 34.2. The first-order valence-electron chi connectivity index (χ1n) is 10.7. The number of rotatable bonds is 4. The van der Waals surface area contributed by atoms with Gasteiger partial charge in [-0.25, -0.2) is 0 Å². The summed E-state index contributed by atoms with van der Waals surface area (Å²) in [6.07, 6.45) is 7.81. The highest BCUT2D eigenvalue weighted by atomic mass is 16.2. The highest BCUT2D eigenvalue weighted by Gasteiger charge is 2.39. The largest absolute Gasteiger partial charge is 0.342 e. The normalized spacial score (nSPS) is 21.6. The van der Waals surface area contributed by atoms with Crippen LogP contribution in [0.25, 0.3) is 0 Å². The van der Waals surface area contributed by atoms with Crippen LogP contribution in [0.1, 0.15) is 47.2 Å². The Labute approximate surface area is 172 Å². The van der Waals surface area contributed by atoms with E-state index in [1.807, 2.05) is 54.4 Å². The number of likely N-dealkylation sites (tertiary alicyclic amines) is 2. The molecular formula is C24H29N3O2. The summed E-state index contributed by atoms with van der Waals surface area (Å²) in [7, 11) is 0. The van der Waals surface area contributed by atoms with Crippen LogP contribution in [0.5, 0.6) is 0 Å². The Morgan fingerprint density at radius 1 is 1.10 bits per heavy atom. The number of pyridine rings is 1. The van der Waals surface area contributed by atoms with E-state index < -0.39 is 0 Å². The molecule has 2 aromatic rings. The van der Waals surface area contributed by atoms with Crippen molar-refractivity contribution in [3.63, 3.8) is 0 Å². The van der Waals surface area contributed by atoms with Gasteiger partial charge in [-0.15, -0.1) is 0 Å². The van der Waals surface area contributed by atoms with E-state index in [1.165, 1.54) is 0 Å². The SMILES string of the molecule is Cc1ccccc1C(=O)N1CCC[C@@H]2CN(C(=O)CCc3cccnc3)CC[C@@H]21. The van der Waals surface area contributed by atoms with Crippen LogP contribution in [-0.4, -0.2) is 52.3 Å². The zero-order valence-corrected chi connectivity index (χ0v) is 17.1. The van der Waals surface area contributed by atoms with Crippen molar-refractivity contribution in [2.75, 3.05) is 19.6 Å². The summed E-state index contributed by atoms with van der Waals surface area (Å²) >= 11 is 0. The van der Waals surface area contributed by atoms with Gasteiger partial charge >= 0.3 is 0 Å². The molecule has 2 fully saturated rings. The Hall–Kier alpha value is -2.69. The molecule has 4 rings (SSSR count). The standard InChI is InChI=1S/C24H29N3O2/c1-18-6-2-3-9-21(18)24(29)27-14-5-8-20-17-26(15-12-22(20)27)23(28)11-10-19-7-4-13-25-16-19/h2-4,6-7,9,13,16,20,22H,5,8,10-12,14-15,17H2,1H3/t20-,22+/m1/s1. The Bertz CT molecular complexity index is 867. The maximum Gasteiger partial charge on any atom is 0.254 e. The average Bonchev–Trinajstić information content (AvgIpc) is 2.77. The number of aryl methyl sites for hydroxylation is 2. The zero-order chi connectivity index (χ0) is 20.2. The van der Waals surface area contributed by atoms with Crippen LogP contribution >= 0.6 is 0 Å². The lowest BCUT2D eigenvalue weighted by atomic mass is 9.83. The minimum absolute atomic E-state index is 0.147. The summed E-state index contributed by atoms with van der Waals surface area (Å²) in [5.41, 5.74) is 2.94. The third-order valence-electron chi connectivity index (χ3n) is 6.41. The van der Waals surface area contributed by atoms with Gasteiger partial charge in [-0.3, -0.25) is 14.6 Å². The lowest BCUT2D eigenvalue weighted by molar-refractivity contribution is -0.134. The van der Waals surface area contributed by atoms with Gasteiger partial charge in [-0.2, -0.15) is 0 Å². The molecule has 0 saturated carbocycles. The van der Waals surface area contributed by atoms with Gasteiger partial charge in [0.15, 0.2) is 0 Å². The van der Waals surface area contributed by atoms with E-state index in [1.54, 1.807) is 6.20 Å². The molecule has 0 spiro atoms. The van der Waals surface area contributed by atoms with Crippen molar-refractivity contribution in [1.29, 1.82) is 0 Å². The van der Waals surface area contributed by atoms with E-state index in [0.717, 1.165) is 62.0 Å². The van der Waals surface area contributed by atoms with Gasteiger partial charge < -0.3 is 9.80 Å². The Balaban J connectivity index is 1.38. The number of benzene rings is 1. The molecule has 152 valence electrons. The molecule has 0 N–H and O–H groups in total. The molecule has 5 nitrogen and oxygen atoms in total. The monoisotopic (exact) mass is 391 g/mol. The van der Waals surface area contributed by atoms with Crippen LogP contribution < -0.4 is 0 Å². The first kappa shape index (κ1) is 19.6. The van der Waals surface area contributed by atoms with Crippen molar-refractivity contribution < 1.29 is 9.59 Å². The number of nitrogens with zero attached hydrogens (tertiary/aromatic N) is 3. The molecule has 2 aliphatic rings. The number of carbonyl (C=O) groups excluding carboxylic acids is 2. The Kier molecular flexibility index (Phi) is 5.93. The van der Waals surface area contributed by atoms with Crippen molar-refractivity contribution in [2.45, 2.75) is 45.1 Å². The first-order chi connectivity index (χ1) is 14.1. The fourth-order valence-corrected chi connectivity index (χ4v) is 4.81. The number of fused-ring (bicyclic) bond motifs is 1. The summed E-state index contributed by atoms with van der Waals surface area (Å²) in [5.74, 6) is 0.747. The van der Waals surface area contributed by atoms with Gasteiger partial charge in [0, 0.05) is 50.1 Å². The highest BCUT2D eigenvalue weighted by molar-refractivity contribution is 5.96. The highest BCUT2D eigenvalue weighted by Crippen LogP contribution is 2.32. The number of hydrogen-bond acceptors (Lipinski definition) is 3. The molecule has 0 radical (unpaired) electrons. The molecule has 1 aromatic heterocycles. The molecule has 0 aliphatic carbocycles. The average molecular weight is 392 g/mol. The van der Waals surface area contributed by atoms with Crippen molar-refractivity contribution in [1.82, 2.24) is 14.8 Å². The molecule has 2 amide bonds. The van der Waals surface area contributed by atoms with Crippen LogP contribution in [-0.2, 0) is 11.2 Å². The van der Waals surface area contributed by atoms with Crippen LogP contribution in [0, 0.1) is 12.8 Å². The zero-order valence-electron chi connectivity index (χ0n) is 17.1. The van der Waals surface area contributed by atoms with Gasteiger partial charge in [0.05, 0.1) is 0 Å². The van der Waals surface area contributed by atoms with E-state index in [9.17, 15) is 9.59 Å². The number of amides is 2. The second kappa shape index (κ2) is 8.76. The molecule has 0 unspecified atom stereocenters. The number of piperidine rings is 2. The Morgan fingerprint density at radius 2 is 1.97 bits per heavy atom. The third kappa shape index (κ3) is 4.34. The van der Waals surface area contributed by atoms with Crippen molar-refractivity contribution in [3.8, 4) is 0 Å². The van der Waals surface area contributed by atoms with E-state index >= 15 is 0 Å². The van der Waals surface area contributed by atoms with E-state index in [0.29, 0.717) is 12.3 Å². The minimum atomic E-state index is 0.147. The second-order valence-electron chi connectivity index (χ2n) is 8.27. The van der Waals surface area contributed by atoms with Crippen LogP contribution in [0.15, 0.2) is 48.8 Å². The third-order valence-corrected chi connectivity index (χ3v) is 6.41. The minimum Gasteiger partial charge on any atom is -0.342 e. The van der Waals surface area contributed by atoms with E-state index in [2.05, 4.69) is 9.88 Å². The maximum atomic E-state index is 13.2. The lowest BCUT2D eigenvalue weighted by Crippen LogP contribution is -2.56. The van der Waals surface area contributed by atoms with Crippen molar-refractivity contribution in [2.24, 2.45) is 5.92 Å². The summed E-state index contributed by atoms with van der Waals surface area (Å²) in [6.45, 7) is 4.33. The van der Waals surface area contributed by atoms with Crippen LogP contribution in [0.4, 0.5) is 0 Å². The summed E-state index contributed by atoms with van der Waals surface area (Å²) in [6, 6.07) is 12.0. The van der Waals surface area contributed by atoms with E-state index in [-0.39, 0.29) is 17.9 Å². The summed E-state index contributed by atoms with van der Waals surface area (Å²) < 4.78 is 0. The fourth-order valence-electron chi connectivity index (χ4n) is 4.81. The van der Waals surface area contributed by atoms with Gasteiger partial charge in [-0.1, -0.05) is 24.3 Å². The first-order valence-corrected chi connectivity index (χ1v) is 10.7. The molecule has 3 heterocycles. The predicted octanol–water partition coefficient (Wildman–Crippen LogP) is 3.48. The van der Waals surface area contributed by atoms with Gasteiger partial charge in [-0.05, 0) is 61.8 Å².